The van der Waals surface area contributed by atoms with Gasteiger partial charge >= 0.3 is 0 Å². The van der Waals surface area contributed by atoms with Gasteiger partial charge in [-0.05, 0) is 32.6 Å². The highest BCUT2D eigenvalue weighted by Gasteiger charge is 1.85. The summed E-state index contributed by atoms with van der Waals surface area (Å²) in [5.41, 5.74) is 1.29. The quantitative estimate of drug-likeness (QED) is 0.369. The van der Waals surface area contributed by atoms with E-state index in [9.17, 15) is 0 Å². The lowest BCUT2D eigenvalue weighted by Gasteiger charge is -1.95. The highest BCUT2D eigenvalue weighted by molar-refractivity contribution is 4.92. The molecular weight excluding hydrogens is 156 g/mol. The Labute approximate surface area is 83.7 Å². The van der Waals surface area contributed by atoms with Crippen molar-refractivity contribution in [3.63, 3.8) is 0 Å². The lowest BCUT2D eigenvalue weighted by Crippen LogP contribution is -1.75. The second-order valence-corrected chi connectivity index (χ2v) is 3.82. The third-order valence-electron chi connectivity index (χ3n) is 2.13. The Balaban J connectivity index is 3.08. The molecule has 0 aromatic heterocycles. The summed E-state index contributed by atoms with van der Waals surface area (Å²) in [5, 5.41) is 0. The fourth-order valence-electron chi connectivity index (χ4n) is 1.25. The number of rotatable bonds is 8. The van der Waals surface area contributed by atoms with E-state index in [0.717, 1.165) is 6.42 Å². The summed E-state index contributed by atoms with van der Waals surface area (Å²) in [6.45, 7) is 8.22. The molecule has 0 aromatic rings. The van der Waals surface area contributed by atoms with Crippen LogP contribution in [0.15, 0.2) is 24.3 Å². The van der Waals surface area contributed by atoms with Crippen LogP contribution in [0.5, 0.6) is 0 Å². The first-order valence-corrected chi connectivity index (χ1v) is 5.56. The van der Waals surface area contributed by atoms with Crippen LogP contribution in [0.1, 0.15) is 58.8 Å². The van der Waals surface area contributed by atoms with E-state index >= 15 is 0 Å². The standard InChI is InChI=1S/C13H24/c1-4-5-6-7-8-9-10-11-12-13(2)3/h9-10H,2,4-8,11-12H2,1,3H3. The molecule has 0 heteroatoms. The van der Waals surface area contributed by atoms with Gasteiger partial charge in [0.25, 0.3) is 0 Å². The monoisotopic (exact) mass is 180 g/mol. The van der Waals surface area contributed by atoms with Gasteiger partial charge in [0, 0.05) is 0 Å². The zero-order chi connectivity index (χ0) is 9.94. The average Bonchev–Trinajstić information content (AvgIpc) is 2.09. The molecule has 0 nitrogen and oxygen atoms in total. The summed E-state index contributed by atoms with van der Waals surface area (Å²) < 4.78 is 0. The van der Waals surface area contributed by atoms with Crippen LogP contribution >= 0.6 is 0 Å². The number of hydrogen-bond acceptors (Lipinski definition) is 0. The number of unbranched alkanes of at least 4 members (excludes halogenated alkanes) is 4. The van der Waals surface area contributed by atoms with Gasteiger partial charge in [-0.15, -0.1) is 6.58 Å². The molecule has 0 atom stereocenters. The normalized spacial score (nSPS) is 10.9. The van der Waals surface area contributed by atoms with Gasteiger partial charge in [0.05, 0.1) is 0 Å². The Morgan fingerprint density at radius 3 is 2.38 bits per heavy atom. The minimum atomic E-state index is 1.14. The van der Waals surface area contributed by atoms with Gasteiger partial charge in [-0.1, -0.05) is 43.9 Å². The molecule has 0 saturated carbocycles. The van der Waals surface area contributed by atoms with Crippen LogP contribution in [0.2, 0.25) is 0 Å². The maximum atomic E-state index is 3.88. The Hall–Kier alpha value is -0.520. The second-order valence-electron chi connectivity index (χ2n) is 3.82. The Kier molecular flexibility index (Phi) is 9.18. The predicted molar refractivity (Wildman–Crippen MR) is 61.9 cm³/mol. The van der Waals surface area contributed by atoms with Crippen LogP contribution in [0.4, 0.5) is 0 Å². The van der Waals surface area contributed by atoms with Gasteiger partial charge in [-0.2, -0.15) is 0 Å². The van der Waals surface area contributed by atoms with E-state index in [1.807, 2.05) is 0 Å². The van der Waals surface area contributed by atoms with Crippen molar-refractivity contribution in [2.24, 2.45) is 0 Å². The molecule has 0 aliphatic rings. The van der Waals surface area contributed by atoms with Gasteiger partial charge in [-0.25, -0.2) is 0 Å². The van der Waals surface area contributed by atoms with Crippen LogP contribution in [-0.2, 0) is 0 Å². The van der Waals surface area contributed by atoms with Crippen molar-refractivity contribution in [3.05, 3.63) is 24.3 Å². The first-order chi connectivity index (χ1) is 6.27. The van der Waals surface area contributed by atoms with Crippen LogP contribution in [-0.4, -0.2) is 0 Å². The van der Waals surface area contributed by atoms with E-state index in [1.165, 1.54) is 44.1 Å². The summed E-state index contributed by atoms with van der Waals surface area (Å²) in [7, 11) is 0. The molecule has 0 saturated heterocycles. The van der Waals surface area contributed by atoms with Crippen molar-refractivity contribution in [1.82, 2.24) is 0 Å². The number of hydrogen-bond donors (Lipinski definition) is 0. The molecule has 0 aromatic carbocycles. The maximum absolute atomic E-state index is 3.88. The van der Waals surface area contributed by atoms with Gasteiger partial charge in [0.2, 0.25) is 0 Å². The van der Waals surface area contributed by atoms with Crippen molar-refractivity contribution in [3.8, 4) is 0 Å². The summed E-state index contributed by atoms with van der Waals surface area (Å²) >= 11 is 0. The molecular formula is C13H24. The first kappa shape index (κ1) is 12.5. The minimum Gasteiger partial charge on any atom is -0.100 e. The second kappa shape index (κ2) is 9.57. The van der Waals surface area contributed by atoms with E-state index < -0.39 is 0 Å². The van der Waals surface area contributed by atoms with Crippen molar-refractivity contribution in [2.45, 2.75) is 58.8 Å². The molecule has 0 amide bonds. The van der Waals surface area contributed by atoms with E-state index in [1.54, 1.807) is 0 Å². The SMILES string of the molecule is C=C(C)CCC=CCCCCCC. The highest BCUT2D eigenvalue weighted by atomic mass is 13.9. The molecule has 76 valence electrons. The molecule has 0 heterocycles. The lowest BCUT2D eigenvalue weighted by atomic mass is 10.1. The fraction of sp³-hybridized carbons (Fsp3) is 0.692. The van der Waals surface area contributed by atoms with Crippen molar-refractivity contribution >= 4 is 0 Å². The molecule has 0 aliphatic carbocycles. The van der Waals surface area contributed by atoms with Gasteiger partial charge in [0.15, 0.2) is 0 Å². The average molecular weight is 180 g/mol. The van der Waals surface area contributed by atoms with Crippen molar-refractivity contribution < 1.29 is 0 Å². The Morgan fingerprint density at radius 1 is 1.08 bits per heavy atom. The molecule has 0 fully saturated rings. The van der Waals surface area contributed by atoms with Crippen LogP contribution in [0, 0.1) is 0 Å². The summed E-state index contributed by atoms with van der Waals surface area (Å²) in [6.07, 6.45) is 13.7. The lowest BCUT2D eigenvalue weighted by molar-refractivity contribution is 0.674. The van der Waals surface area contributed by atoms with E-state index in [2.05, 4.69) is 32.6 Å². The smallest absolute Gasteiger partial charge is 0.0291 e. The molecule has 0 spiro atoms. The maximum Gasteiger partial charge on any atom is -0.0291 e. The van der Waals surface area contributed by atoms with Crippen LogP contribution in [0.3, 0.4) is 0 Å². The zero-order valence-electron chi connectivity index (χ0n) is 9.31. The fourth-order valence-corrected chi connectivity index (χ4v) is 1.25. The molecule has 0 N–H and O–H groups in total. The Bertz CT molecular complexity index is 142. The van der Waals surface area contributed by atoms with Gasteiger partial charge in [0.1, 0.15) is 0 Å². The highest BCUT2D eigenvalue weighted by Crippen LogP contribution is 2.05. The van der Waals surface area contributed by atoms with E-state index in [0.29, 0.717) is 0 Å². The Morgan fingerprint density at radius 2 is 1.77 bits per heavy atom. The summed E-state index contributed by atoms with van der Waals surface area (Å²) in [5.74, 6) is 0. The van der Waals surface area contributed by atoms with E-state index in [4.69, 9.17) is 0 Å². The molecule has 0 aliphatic heterocycles. The first-order valence-electron chi connectivity index (χ1n) is 5.56. The van der Waals surface area contributed by atoms with Gasteiger partial charge < -0.3 is 0 Å². The third kappa shape index (κ3) is 11.5. The topological polar surface area (TPSA) is 0 Å². The third-order valence-corrected chi connectivity index (χ3v) is 2.13. The predicted octanol–water partition coefficient (Wildman–Crippen LogP) is 4.87. The largest absolute Gasteiger partial charge is 0.100 e. The van der Waals surface area contributed by atoms with Crippen molar-refractivity contribution in [1.29, 1.82) is 0 Å². The molecule has 0 unspecified atom stereocenters. The molecule has 0 bridgehead atoms. The molecule has 0 rings (SSSR count). The van der Waals surface area contributed by atoms with Gasteiger partial charge in [-0.3, -0.25) is 0 Å². The van der Waals surface area contributed by atoms with Crippen molar-refractivity contribution in [2.75, 3.05) is 0 Å². The zero-order valence-corrected chi connectivity index (χ0v) is 9.31. The summed E-state index contributed by atoms with van der Waals surface area (Å²) in [6, 6.07) is 0. The van der Waals surface area contributed by atoms with Crippen LogP contribution in [0.25, 0.3) is 0 Å². The summed E-state index contributed by atoms with van der Waals surface area (Å²) in [4.78, 5) is 0. The minimum absolute atomic E-state index is 1.14. The van der Waals surface area contributed by atoms with Crippen LogP contribution < -0.4 is 0 Å². The van der Waals surface area contributed by atoms with E-state index in [-0.39, 0.29) is 0 Å². The number of allylic oxidation sites excluding steroid dienone is 3. The molecule has 0 radical (unpaired) electrons. The molecule has 13 heavy (non-hydrogen) atoms.